The molecule has 0 unspecified atom stereocenters. The number of sulfonamides is 1. The maximum Gasteiger partial charge on any atom is 0.243 e. The lowest BCUT2D eigenvalue weighted by atomic mass is 10.2. The van der Waals surface area contributed by atoms with Crippen LogP contribution in [0.25, 0.3) is 0 Å². The van der Waals surface area contributed by atoms with Crippen LogP contribution in [0.2, 0.25) is 0 Å². The molecule has 0 N–H and O–H groups in total. The molecule has 0 spiro atoms. The molecule has 136 valence electrons. The molecule has 0 bridgehead atoms. The molecule has 3 rings (SSSR count). The van der Waals surface area contributed by atoms with Gasteiger partial charge in [0.1, 0.15) is 17.4 Å². The molecule has 0 atom stereocenters. The van der Waals surface area contributed by atoms with E-state index in [0.29, 0.717) is 12.3 Å². The Morgan fingerprint density at radius 1 is 1.08 bits per heavy atom. The third-order valence-electron chi connectivity index (χ3n) is 3.82. The maximum absolute atomic E-state index is 12.6. The Morgan fingerprint density at radius 2 is 1.77 bits per heavy atom. The first-order valence-electron chi connectivity index (χ1n) is 8.09. The number of benzene rings is 2. The molecule has 0 saturated heterocycles. The highest BCUT2D eigenvalue weighted by molar-refractivity contribution is 7.89. The van der Waals surface area contributed by atoms with Crippen LogP contribution in [0.5, 0.6) is 5.75 Å². The number of thiazole rings is 1. The number of rotatable bonds is 7. The van der Waals surface area contributed by atoms with Crippen molar-refractivity contribution in [3.63, 3.8) is 0 Å². The standard InChI is InChI=1S/C19H20N2O3S2/c1-15-8-10-18(11-9-15)26(22,23)21(2)12-16-14-25-19(20-16)13-24-17-6-4-3-5-7-17/h3-11,14H,12-13H2,1-2H3. The van der Waals surface area contributed by atoms with Crippen LogP contribution >= 0.6 is 11.3 Å². The fourth-order valence-corrected chi connectivity index (χ4v) is 4.19. The van der Waals surface area contributed by atoms with Gasteiger partial charge in [-0.25, -0.2) is 13.4 Å². The summed E-state index contributed by atoms with van der Waals surface area (Å²) >= 11 is 1.46. The van der Waals surface area contributed by atoms with Gasteiger partial charge in [0.2, 0.25) is 10.0 Å². The molecule has 0 aliphatic carbocycles. The second-order valence-electron chi connectivity index (χ2n) is 5.91. The number of nitrogens with zero attached hydrogens (tertiary/aromatic N) is 2. The van der Waals surface area contributed by atoms with Gasteiger partial charge in [0, 0.05) is 12.4 Å². The number of hydrogen-bond acceptors (Lipinski definition) is 5. The Balaban J connectivity index is 1.63. The van der Waals surface area contributed by atoms with Crippen LogP contribution in [0.1, 0.15) is 16.3 Å². The van der Waals surface area contributed by atoms with Crippen molar-refractivity contribution < 1.29 is 13.2 Å². The summed E-state index contributed by atoms with van der Waals surface area (Å²) in [5.41, 5.74) is 1.73. The Kier molecular flexibility index (Phi) is 5.70. The Hall–Kier alpha value is -2.22. The predicted octanol–water partition coefficient (Wildman–Crippen LogP) is 3.85. The summed E-state index contributed by atoms with van der Waals surface area (Å²) in [6, 6.07) is 16.4. The van der Waals surface area contributed by atoms with E-state index in [9.17, 15) is 8.42 Å². The number of aromatic nitrogens is 1. The molecule has 2 aromatic carbocycles. The Labute approximate surface area is 157 Å². The topological polar surface area (TPSA) is 59.5 Å². The molecule has 0 fully saturated rings. The van der Waals surface area contributed by atoms with E-state index in [1.807, 2.05) is 42.6 Å². The molecule has 3 aromatic rings. The minimum Gasteiger partial charge on any atom is -0.486 e. The first-order valence-corrected chi connectivity index (χ1v) is 10.4. The zero-order valence-corrected chi connectivity index (χ0v) is 16.3. The van der Waals surface area contributed by atoms with Crippen molar-refractivity contribution in [2.75, 3.05) is 7.05 Å². The van der Waals surface area contributed by atoms with E-state index in [1.54, 1.807) is 31.3 Å². The van der Waals surface area contributed by atoms with E-state index in [0.717, 1.165) is 16.3 Å². The average molecular weight is 389 g/mol. The molecule has 5 nitrogen and oxygen atoms in total. The number of aryl methyl sites for hydroxylation is 1. The largest absolute Gasteiger partial charge is 0.486 e. The summed E-state index contributed by atoms with van der Waals surface area (Å²) in [6.45, 7) is 2.51. The van der Waals surface area contributed by atoms with Crippen molar-refractivity contribution in [2.45, 2.75) is 25.0 Å². The van der Waals surface area contributed by atoms with Gasteiger partial charge in [-0.2, -0.15) is 4.31 Å². The molecule has 0 saturated carbocycles. The summed E-state index contributed by atoms with van der Waals surface area (Å²) in [4.78, 5) is 4.76. The molecular formula is C19H20N2O3S2. The van der Waals surface area contributed by atoms with Crippen molar-refractivity contribution in [1.82, 2.24) is 9.29 Å². The van der Waals surface area contributed by atoms with E-state index in [2.05, 4.69) is 4.98 Å². The van der Waals surface area contributed by atoms with Gasteiger partial charge in [-0.1, -0.05) is 35.9 Å². The van der Waals surface area contributed by atoms with Crippen LogP contribution in [-0.2, 0) is 23.2 Å². The third-order valence-corrected chi connectivity index (χ3v) is 6.51. The second-order valence-corrected chi connectivity index (χ2v) is 8.90. The summed E-state index contributed by atoms with van der Waals surface area (Å²) < 4.78 is 32.3. The van der Waals surface area contributed by atoms with E-state index < -0.39 is 10.0 Å². The number of para-hydroxylation sites is 1. The monoisotopic (exact) mass is 388 g/mol. The fraction of sp³-hybridized carbons (Fsp3) is 0.211. The lowest BCUT2D eigenvalue weighted by Gasteiger charge is -2.16. The smallest absolute Gasteiger partial charge is 0.243 e. The van der Waals surface area contributed by atoms with Crippen molar-refractivity contribution in [1.29, 1.82) is 0 Å². The first kappa shape index (κ1) is 18.6. The zero-order chi connectivity index (χ0) is 18.6. The summed E-state index contributed by atoms with van der Waals surface area (Å²) in [6.07, 6.45) is 0. The SMILES string of the molecule is Cc1ccc(S(=O)(=O)N(C)Cc2csc(COc3ccccc3)n2)cc1. The quantitative estimate of drug-likeness (QED) is 0.617. The number of hydrogen-bond donors (Lipinski definition) is 0. The maximum atomic E-state index is 12.6. The first-order chi connectivity index (χ1) is 12.4. The molecule has 7 heteroatoms. The minimum absolute atomic E-state index is 0.220. The van der Waals surface area contributed by atoms with Crippen LogP contribution in [-0.4, -0.2) is 24.8 Å². The normalized spacial score (nSPS) is 11.7. The highest BCUT2D eigenvalue weighted by Gasteiger charge is 2.21. The molecule has 26 heavy (non-hydrogen) atoms. The highest BCUT2D eigenvalue weighted by atomic mass is 32.2. The summed E-state index contributed by atoms with van der Waals surface area (Å²) in [5, 5.41) is 2.68. The summed E-state index contributed by atoms with van der Waals surface area (Å²) in [5.74, 6) is 0.781. The van der Waals surface area contributed by atoms with Gasteiger partial charge in [-0.3, -0.25) is 0 Å². The fourth-order valence-electron chi connectivity index (χ4n) is 2.35. The van der Waals surface area contributed by atoms with E-state index in [1.165, 1.54) is 15.6 Å². The van der Waals surface area contributed by atoms with Crippen molar-refractivity contribution in [2.24, 2.45) is 0 Å². The molecule has 0 radical (unpaired) electrons. The van der Waals surface area contributed by atoms with Crippen LogP contribution in [0.15, 0.2) is 64.9 Å². The minimum atomic E-state index is -3.53. The third kappa shape index (κ3) is 4.49. The van der Waals surface area contributed by atoms with Crippen molar-refractivity contribution >= 4 is 21.4 Å². The molecule has 1 aromatic heterocycles. The lowest BCUT2D eigenvalue weighted by Crippen LogP contribution is -2.26. The predicted molar refractivity (Wildman–Crippen MR) is 103 cm³/mol. The Morgan fingerprint density at radius 3 is 2.46 bits per heavy atom. The molecule has 1 heterocycles. The van der Waals surface area contributed by atoms with Crippen LogP contribution < -0.4 is 4.74 Å². The van der Waals surface area contributed by atoms with Gasteiger partial charge in [-0.05, 0) is 31.2 Å². The van der Waals surface area contributed by atoms with Gasteiger partial charge in [0.25, 0.3) is 0 Å². The Bertz CT molecular complexity index is 952. The van der Waals surface area contributed by atoms with E-state index in [4.69, 9.17) is 4.74 Å². The summed E-state index contributed by atoms with van der Waals surface area (Å²) in [7, 11) is -1.97. The van der Waals surface area contributed by atoms with E-state index in [-0.39, 0.29) is 11.4 Å². The van der Waals surface area contributed by atoms with Gasteiger partial charge in [0.05, 0.1) is 17.1 Å². The molecule has 0 aliphatic rings. The van der Waals surface area contributed by atoms with Gasteiger partial charge >= 0.3 is 0 Å². The van der Waals surface area contributed by atoms with Crippen LogP contribution in [0.3, 0.4) is 0 Å². The number of ether oxygens (including phenoxy) is 1. The zero-order valence-electron chi connectivity index (χ0n) is 14.6. The molecule has 0 aliphatic heterocycles. The lowest BCUT2D eigenvalue weighted by molar-refractivity contribution is 0.305. The molecular weight excluding hydrogens is 368 g/mol. The van der Waals surface area contributed by atoms with Crippen molar-refractivity contribution in [3.8, 4) is 5.75 Å². The van der Waals surface area contributed by atoms with Gasteiger partial charge in [0.15, 0.2) is 0 Å². The van der Waals surface area contributed by atoms with E-state index >= 15 is 0 Å². The highest BCUT2D eigenvalue weighted by Crippen LogP contribution is 2.19. The van der Waals surface area contributed by atoms with Crippen molar-refractivity contribution in [3.05, 3.63) is 76.2 Å². The van der Waals surface area contributed by atoms with Crippen LogP contribution in [0.4, 0.5) is 0 Å². The molecule has 0 amide bonds. The second kappa shape index (κ2) is 7.99. The van der Waals surface area contributed by atoms with Crippen LogP contribution in [0, 0.1) is 6.92 Å². The van der Waals surface area contributed by atoms with Gasteiger partial charge < -0.3 is 4.74 Å². The average Bonchev–Trinajstić information content (AvgIpc) is 3.08. The van der Waals surface area contributed by atoms with Gasteiger partial charge in [-0.15, -0.1) is 11.3 Å².